The Kier molecular flexibility index (Phi) is 15.1. The summed E-state index contributed by atoms with van der Waals surface area (Å²) in [5, 5.41) is 18.7. The summed E-state index contributed by atoms with van der Waals surface area (Å²) in [6.07, 6.45) is 2.99. The summed E-state index contributed by atoms with van der Waals surface area (Å²) in [5.41, 5.74) is 0. The van der Waals surface area contributed by atoms with Gasteiger partial charge in [-0.05, 0) is 59.8 Å². The monoisotopic (exact) mass is 567 g/mol. The molecule has 5 atom stereocenters. The van der Waals surface area contributed by atoms with Crippen molar-refractivity contribution in [1.82, 2.24) is 4.90 Å². The zero-order valence-corrected chi connectivity index (χ0v) is 25.2. The summed E-state index contributed by atoms with van der Waals surface area (Å²) in [7, 11) is -5.48. The first-order valence-electron chi connectivity index (χ1n) is 13.9. The van der Waals surface area contributed by atoms with E-state index in [1.165, 1.54) is 0 Å². The van der Waals surface area contributed by atoms with Crippen LogP contribution in [-0.4, -0.2) is 110 Å². The molecule has 2 aliphatic heterocycles. The van der Waals surface area contributed by atoms with Crippen LogP contribution in [0.2, 0.25) is 12.1 Å². The molecule has 13 heteroatoms. The van der Waals surface area contributed by atoms with E-state index in [-0.39, 0.29) is 31.8 Å². The minimum Gasteiger partial charge on any atom is -0.444 e. The second kappa shape index (κ2) is 17.2. The highest BCUT2D eigenvalue weighted by Crippen LogP contribution is 2.27. The fourth-order valence-electron chi connectivity index (χ4n) is 4.53. The third kappa shape index (κ3) is 11.2. The third-order valence-corrected chi connectivity index (χ3v) is 12.6. The van der Waals surface area contributed by atoms with Crippen LogP contribution in [0.15, 0.2) is 0 Å². The van der Waals surface area contributed by atoms with E-state index in [9.17, 15) is 15.0 Å². The molecule has 2 fully saturated rings. The molecule has 0 aromatic heterocycles. The van der Waals surface area contributed by atoms with Gasteiger partial charge in [-0.1, -0.05) is 0 Å². The average Bonchev–Trinajstić information content (AvgIpc) is 2.85. The molecule has 2 heterocycles. The van der Waals surface area contributed by atoms with Crippen LogP contribution in [0.1, 0.15) is 66.2 Å². The molecule has 0 radical (unpaired) electrons. The molecule has 0 aromatic carbocycles. The summed E-state index contributed by atoms with van der Waals surface area (Å²) in [6, 6.07) is 1.30. The van der Waals surface area contributed by atoms with Crippen molar-refractivity contribution < 1.29 is 46.3 Å². The Bertz CT molecular complexity index is 643. The number of hydrogen-bond acceptors (Lipinski definition) is 10. The highest BCUT2D eigenvalue weighted by molar-refractivity contribution is 6.61. The molecule has 2 aliphatic rings. The van der Waals surface area contributed by atoms with Gasteiger partial charge in [-0.25, -0.2) is 4.79 Å². The van der Waals surface area contributed by atoms with Crippen molar-refractivity contribution in [3.63, 3.8) is 0 Å². The quantitative estimate of drug-likeness (QED) is 0.200. The van der Waals surface area contributed by atoms with Crippen LogP contribution in [0.25, 0.3) is 0 Å². The third-order valence-electron chi connectivity index (χ3n) is 6.44. The Morgan fingerprint density at radius 1 is 0.919 bits per heavy atom. The van der Waals surface area contributed by atoms with E-state index in [1.807, 2.05) is 27.7 Å². The van der Waals surface area contributed by atoms with Gasteiger partial charge in [0.25, 0.3) is 0 Å². The van der Waals surface area contributed by atoms with E-state index < -0.39 is 29.8 Å². The molecule has 2 rings (SSSR count). The van der Waals surface area contributed by atoms with E-state index in [1.54, 1.807) is 4.90 Å². The minimum atomic E-state index is -2.78. The summed E-state index contributed by atoms with van der Waals surface area (Å²) in [5.74, 6) is 0. The largest absolute Gasteiger partial charge is 0.501 e. The standard InChI is InChI=1S/C24H49NO10Si2/c1-5-29-36(31-16-11-21(3)34-36)18-8-7-13-25(24(28)33-23(20-27)10-15-26)14-9-19-37(30-6-2)32-17-12-22(4)35-37/h21-23,26-27H,5-20H2,1-4H3. The molecular formula is C24H49NO10Si2. The van der Waals surface area contributed by atoms with Crippen molar-refractivity contribution in [2.45, 2.75) is 96.6 Å². The smallest absolute Gasteiger partial charge is 0.444 e. The second-order valence-electron chi connectivity index (χ2n) is 9.61. The molecule has 0 aliphatic carbocycles. The SMILES string of the molecule is CCO[Si]1(CCCCN(CCC[Si]2(OCC)OCCC(C)O2)C(=O)OC(CO)CCO)OCCC(C)O1. The van der Waals surface area contributed by atoms with Gasteiger partial charge in [-0.3, -0.25) is 0 Å². The van der Waals surface area contributed by atoms with Gasteiger partial charge < -0.3 is 46.4 Å². The topological polar surface area (TPSA) is 125 Å². The second-order valence-corrected chi connectivity index (χ2v) is 15.0. The highest BCUT2D eigenvalue weighted by atomic mass is 28.4. The minimum absolute atomic E-state index is 0.0885. The Balaban J connectivity index is 1.95. The Morgan fingerprint density at radius 3 is 1.95 bits per heavy atom. The van der Waals surface area contributed by atoms with E-state index in [4.69, 9.17) is 31.3 Å². The summed E-state index contributed by atoms with van der Waals surface area (Å²) in [4.78, 5) is 14.6. The number of unbranched alkanes of at least 4 members (excludes halogenated alkanes) is 1. The maximum absolute atomic E-state index is 13.0. The number of carbonyl (C=O) groups excluding carboxylic acids is 1. The number of ether oxygens (including phenoxy) is 1. The lowest BCUT2D eigenvalue weighted by Gasteiger charge is -2.37. The van der Waals surface area contributed by atoms with Crippen LogP contribution in [0, 0.1) is 0 Å². The van der Waals surface area contributed by atoms with Crippen LogP contribution >= 0.6 is 0 Å². The average molecular weight is 568 g/mol. The van der Waals surface area contributed by atoms with Crippen LogP contribution in [0.4, 0.5) is 4.79 Å². The molecule has 218 valence electrons. The van der Waals surface area contributed by atoms with Gasteiger partial charge in [0.1, 0.15) is 6.10 Å². The fraction of sp³-hybridized carbons (Fsp3) is 0.958. The van der Waals surface area contributed by atoms with Gasteiger partial charge in [-0.2, -0.15) is 0 Å². The van der Waals surface area contributed by atoms with Crippen LogP contribution in [0.5, 0.6) is 0 Å². The van der Waals surface area contributed by atoms with Crippen molar-refractivity contribution >= 4 is 23.7 Å². The van der Waals surface area contributed by atoms with Crippen LogP contribution < -0.4 is 0 Å². The lowest BCUT2D eigenvalue weighted by molar-refractivity contribution is -0.0131. The first-order chi connectivity index (χ1) is 17.8. The molecule has 2 saturated heterocycles. The lowest BCUT2D eigenvalue weighted by Crippen LogP contribution is -2.52. The maximum atomic E-state index is 13.0. The number of hydrogen-bond donors (Lipinski definition) is 2. The number of rotatable bonds is 17. The van der Waals surface area contributed by atoms with Gasteiger partial charge in [0.05, 0.1) is 6.61 Å². The molecule has 5 unspecified atom stereocenters. The lowest BCUT2D eigenvalue weighted by atomic mass is 10.3. The summed E-state index contributed by atoms with van der Waals surface area (Å²) < 4.78 is 41.7. The molecule has 0 aromatic rings. The molecule has 0 bridgehead atoms. The molecule has 0 spiro atoms. The zero-order valence-electron chi connectivity index (χ0n) is 23.2. The van der Waals surface area contributed by atoms with Crippen molar-refractivity contribution in [2.24, 2.45) is 0 Å². The van der Waals surface area contributed by atoms with Crippen LogP contribution in [-0.2, 0) is 31.3 Å². The number of aliphatic hydroxyl groups is 2. The first-order valence-corrected chi connectivity index (χ1v) is 17.8. The Hall–Kier alpha value is -0.616. The predicted octanol–water partition coefficient (Wildman–Crippen LogP) is 2.94. The summed E-state index contributed by atoms with van der Waals surface area (Å²) in [6.45, 7) is 10.7. The maximum Gasteiger partial charge on any atom is 0.501 e. The van der Waals surface area contributed by atoms with Gasteiger partial charge in [0, 0.05) is 76.8 Å². The van der Waals surface area contributed by atoms with Gasteiger partial charge in [0.15, 0.2) is 0 Å². The van der Waals surface area contributed by atoms with Gasteiger partial charge >= 0.3 is 23.7 Å². The van der Waals surface area contributed by atoms with E-state index >= 15 is 0 Å². The number of amides is 1. The molecular weight excluding hydrogens is 518 g/mol. The number of aliphatic hydroxyl groups excluding tert-OH is 2. The van der Waals surface area contributed by atoms with Crippen molar-refractivity contribution in [2.75, 3.05) is 52.7 Å². The van der Waals surface area contributed by atoms with E-state index in [0.717, 1.165) is 25.7 Å². The number of nitrogens with zero attached hydrogens (tertiary/aromatic N) is 1. The first kappa shape index (κ1) is 32.6. The number of carbonyl (C=O) groups is 1. The van der Waals surface area contributed by atoms with E-state index in [0.29, 0.717) is 58.0 Å². The molecule has 0 saturated carbocycles. The van der Waals surface area contributed by atoms with Gasteiger partial charge in [0.2, 0.25) is 0 Å². The van der Waals surface area contributed by atoms with Crippen molar-refractivity contribution in [3.05, 3.63) is 0 Å². The van der Waals surface area contributed by atoms with Crippen LogP contribution in [0.3, 0.4) is 0 Å². The Morgan fingerprint density at radius 2 is 1.46 bits per heavy atom. The summed E-state index contributed by atoms with van der Waals surface area (Å²) >= 11 is 0. The van der Waals surface area contributed by atoms with Gasteiger partial charge in [-0.15, -0.1) is 0 Å². The predicted molar refractivity (Wildman–Crippen MR) is 141 cm³/mol. The van der Waals surface area contributed by atoms with E-state index in [2.05, 4.69) is 0 Å². The fourth-order valence-corrected chi connectivity index (χ4v) is 10.3. The molecule has 37 heavy (non-hydrogen) atoms. The Labute approximate surface area is 224 Å². The molecule has 2 N–H and O–H groups in total. The normalized spacial score (nSPS) is 29.1. The zero-order chi connectivity index (χ0) is 27.2. The molecule has 11 nitrogen and oxygen atoms in total. The molecule has 1 amide bonds. The van der Waals surface area contributed by atoms with Crippen molar-refractivity contribution in [1.29, 1.82) is 0 Å². The van der Waals surface area contributed by atoms with Crippen molar-refractivity contribution in [3.8, 4) is 0 Å². The highest BCUT2D eigenvalue weighted by Gasteiger charge is 2.45.